The third kappa shape index (κ3) is 2.58. The molecule has 0 saturated carbocycles. The van der Waals surface area contributed by atoms with E-state index in [9.17, 15) is 8.78 Å². The predicted octanol–water partition coefficient (Wildman–Crippen LogP) is 2.87. The Bertz CT molecular complexity index is 300. The van der Waals surface area contributed by atoms with Gasteiger partial charge in [-0.05, 0) is 25.5 Å². The molecular weight excluding hydrogens is 190 g/mol. The van der Waals surface area contributed by atoms with E-state index >= 15 is 0 Å². The fourth-order valence-electron chi connectivity index (χ4n) is 1.06. The van der Waals surface area contributed by atoms with E-state index in [-0.39, 0.29) is 11.5 Å². The van der Waals surface area contributed by atoms with Crippen molar-refractivity contribution in [1.82, 2.24) is 0 Å². The first-order valence-electron chi connectivity index (χ1n) is 4.17. The molecule has 2 nitrogen and oxygen atoms in total. The van der Waals surface area contributed by atoms with Crippen molar-refractivity contribution in [2.75, 3.05) is 6.61 Å². The molecular formula is C10H11F2O2. The van der Waals surface area contributed by atoms with Gasteiger partial charge in [0.15, 0.2) is 11.5 Å². The van der Waals surface area contributed by atoms with Gasteiger partial charge in [0.25, 0.3) is 0 Å². The van der Waals surface area contributed by atoms with E-state index in [0.717, 1.165) is 0 Å². The molecule has 0 aliphatic heterocycles. The van der Waals surface area contributed by atoms with Gasteiger partial charge >= 0.3 is 6.61 Å². The van der Waals surface area contributed by atoms with Crippen LogP contribution in [0, 0.1) is 6.92 Å². The average Bonchev–Trinajstić information content (AvgIpc) is 2.10. The highest BCUT2D eigenvalue weighted by Gasteiger charge is 2.11. The summed E-state index contributed by atoms with van der Waals surface area (Å²) in [5, 5.41) is 0. The molecule has 1 aromatic carbocycles. The summed E-state index contributed by atoms with van der Waals surface area (Å²) >= 11 is 0. The van der Waals surface area contributed by atoms with Crippen molar-refractivity contribution in [3.63, 3.8) is 0 Å². The fraction of sp³-hybridized carbons (Fsp3) is 0.300. The van der Waals surface area contributed by atoms with Crippen LogP contribution in [-0.4, -0.2) is 13.2 Å². The quantitative estimate of drug-likeness (QED) is 0.745. The molecule has 77 valence electrons. The van der Waals surface area contributed by atoms with Crippen LogP contribution in [0.2, 0.25) is 0 Å². The van der Waals surface area contributed by atoms with Gasteiger partial charge < -0.3 is 9.47 Å². The lowest BCUT2D eigenvalue weighted by molar-refractivity contribution is -0.0514. The predicted molar refractivity (Wildman–Crippen MR) is 48.7 cm³/mol. The number of alkyl halides is 2. The Labute approximate surface area is 81.4 Å². The zero-order valence-electron chi connectivity index (χ0n) is 7.80. The van der Waals surface area contributed by atoms with Crippen LogP contribution in [0.4, 0.5) is 8.78 Å². The maximum absolute atomic E-state index is 12.0. The fourth-order valence-corrected chi connectivity index (χ4v) is 1.06. The molecule has 0 spiro atoms. The number of para-hydroxylation sites is 1. The Hall–Kier alpha value is -1.32. The number of rotatable bonds is 4. The minimum atomic E-state index is -2.85. The summed E-state index contributed by atoms with van der Waals surface area (Å²) in [6.45, 7) is 2.95. The monoisotopic (exact) mass is 201 g/mol. The van der Waals surface area contributed by atoms with Crippen molar-refractivity contribution in [1.29, 1.82) is 0 Å². The number of hydrogen-bond donors (Lipinski definition) is 0. The van der Waals surface area contributed by atoms with Gasteiger partial charge in [-0.25, -0.2) is 0 Å². The molecule has 14 heavy (non-hydrogen) atoms. The van der Waals surface area contributed by atoms with Gasteiger partial charge in [-0.15, -0.1) is 0 Å². The molecule has 0 aliphatic carbocycles. The topological polar surface area (TPSA) is 18.5 Å². The molecule has 0 saturated heterocycles. The van der Waals surface area contributed by atoms with Gasteiger partial charge in [-0.2, -0.15) is 8.78 Å². The molecule has 0 amide bonds. The summed E-state index contributed by atoms with van der Waals surface area (Å²) in [5.74, 6) is 0.296. The maximum atomic E-state index is 12.0. The van der Waals surface area contributed by atoms with Crippen LogP contribution < -0.4 is 9.47 Å². The maximum Gasteiger partial charge on any atom is 0.387 e. The summed E-state index contributed by atoms with van der Waals surface area (Å²) in [5.41, 5.74) is 0.532. The molecule has 1 radical (unpaired) electrons. The second kappa shape index (κ2) is 4.79. The van der Waals surface area contributed by atoms with Crippen LogP contribution in [0.15, 0.2) is 18.2 Å². The molecule has 0 atom stereocenters. The standard InChI is InChI=1S/C10H11F2O2/c1-3-13-9-7(2)5-4-6-8(9)14-10(11)12/h4-6,10H,2-3H2,1H3. The Morgan fingerprint density at radius 1 is 1.43 bits per heavy atom. The van der Waals surface area contributed by atoms with Crippen LogP contribution in [0.3, 0.4) is 0 Å². The first-order valence-corrected chi connectivity index (χ1v) is 4.17. The first kappa shape index (κ1) is 10.8. The normalized spacial score (nSPS) is 10.4. The molecule has 0 fully saturated rings. The highest BCUT2D eigenvalue weighted by atomic mass is 19.3. The van der Waals surface area contributed by atoms with Crippen LogP contribution >= 0.6 is 0 Å². The smallest absolute Gasteiger partial charge is 0.387 e. The lowest BCUT2D eigenvalue weighted by Gasteiger charge is -2.12. The van der Waals surface area contributed by atoms with Crippen LogP contribution in [0.1, 0.15) is 12.5 Å². The molecule has 0 unspecified atom stereocenters. The van der Waals surface area contributed by atoms with E-state index in [2.05, 4.69) is 11.7 Å². The zero-order valence-corrected chi connectivity index (χ0v) is 7.80. The SMILES string of the molecule is [CH2]c1cccc(OC(F)F)c1OCC. The minimum Gasteiger partial charge on any atom is -0.490 e. The second-order valence-electron chi connectivity index (χ2n) is 2.56. The van der Waals surface area contributed by atoms with Gasteiger partial charge in [0.1, 0.15) is 0 Å². The molecule has 0 bridgehead atoms. The number of hydrogen-bond acceptors (Lipinski definition) is 2. The van der Waals surface area contributed by atoms with E-state index in [1.807, 2.05) is 0 Å². The Balaban J connectivity index is 2.95. The van der Waals surface area contributed by atoms with Gasteiger partial charge in [0.2, 0.25) is 0 Å². The highest BCUT2D eigenvalue weighted by molar-refractivity contribution is 5.47. The highest BCUT2D eigenvalue weighted by Crippen LogP contribution is 2.31. The largest absolute Gasteiger partial charge is 0.490 e. The van der Waals surface area contributed by atoms with Crippen molar-refractivity contribution in [3.8, 4) is 11.5 Å². The molecule has 1 rings (SSSR count). The van der Waals surface area contributed by atoms with Crippen molar-refractivity contribution in [2.45, 2.75) is 13.5 Å². The summed E-state index contributed by atoms with van der Waals surface area (Å²) in [6, 6.07) is 4.68. The van der Waals surface area contributed by atoms with Crippen LogP contribution in [0.5, 0.6) is 11.5 Å². The van der Waals surface area contributed by atoms with Crippen molar-refractivity contribution < 1.29 is 18.3 Å². The first-order chi connectivity index (χ1) is 6.65. The van der Waals surface area contributed by atoms with Gasteiger partial charge in [0.05, 0.1) is 6.61 Å². The number of ether oxygens (including phenoxy) is 2. The average molecular weight is 201 g/mol. The third-order valence-electron chi connectivity index (χ3n) is 1.57. The van der Waals surface area contributed by atoms with E-state index in [0.29, 0.717) is 12.2 Å². The zero-order chi connectivity index (χ0) is 10.6. The Morgan fingerprint density at radius 2 is 2.14 bits per heavy atom. The lowest BCUT2D eigenvalue weighted by Crippen LogP contribution is -2.05. The Morgan fingerprint density at radius 3 is 2.71 bits per heavy atom. The number of halogens is 2. The number of benzene rings is 1. The van der Waals surface area contributed by atoms with E-state index in [1.54, 1.807) is 19.1 Å². The summed E-state index contributed by atoms with van der Waals surface area (Å²) in [6.07, 6.45) is 0. The second-order valence-corrected chi connectivity index (χ2v) is 2.56. The molecule has 0 heterocycles. The summed E-state index contributed by atoms with van der Waals surface area (Å²) in [4.78, 5) is 0. The molecule has 1 aromatic rings. The van der Waals surface area contributed by atoms with Crippen LogP contribution in [0.25, 0.3) is 0 Å². The van der Waals surface area contributed by atoms with Crippen molar-refractivity contribution in [3.05, 3.63) is 30.7 Å². The van der Waals surface area contributed by atoms with E-state index in [4.69, 9.17) is 4.74 Å². The van der Waals surface area contributed by atoms with E-state index < -0.39 is 6.61 Å². The van der Waals surface area contributed by atoms with E-state index in [1.165, 1.54) is 6.07 Å². The van der Waals surface area contributed by atoms with Crippen molar-refractivity contribution in [2.24, 2.45) is 0 Å². The van der Waals surface area contributed by atoms with Gasteiger partial charge in [-0.1, -0.05) is 12.1 Å². The minimum absolute atomic E-state index is 0.0225. The molecule has 0 aromatic heterocycles. The summed E-state index contributed by atoms with van der Waals surface area (Å²) in [7, 11) is 0. The summed E-state index contributed by atoms with van der Waals surface area (Å²) < 4.78 is 33.4. The lowest BCUT2D eigenvalue weighted by atomic mass is 10.2. The third-order valence-corrected chi connectivity index (χ3v) is 1.57. The molecule has 0 N–H and O–H groups in total. The molecule has 0 aliphatic rings. The van der Waals surface area contributed by atoms with Crippen molar-refractivity contribution >= 4 is 0 Å². The van der Waals surface area contributed by atoms with Gasteiger partial charge in [-0.3, -0.25) is 0 Å². The molecule has 4 heteroatoms. The Kier molecular flexibility index (Phi) is 3.68. The van der Waals surface area contributed by atoms with Crippen LogP contribution in [-0.2, 0) is 0 Å². The van der Waals surface area contributed by atoms with Gasteiger partial charge in [0, 0.05) is 0 Å².